The summed E-state index contributed by atoms with van der Waals surface area (Å²) in [5.74, 6) is -0.513. The fourth-order valence-corrected chi connectivity index (χ4v) is 2.67. The molecule has 0 atom stereocenters. The number of hydrogen-bond donors (Lipinski definition) is 0. The minimum absolute atomic E-state index is 0.00368. The van der Waals surface area contributed by atoms with Crippen LogP contribution in [-0.2, 0) is 9.84 Å². The van der Waals surface area contributed by atoms with Gasteiger partial charge in [-0.25, -0.2) is 12.8 Å². The Morgan fingerprint density at radius 3 is 2.50 bits per heavy atom. The van der Waals surface area contributed by atoms with E-state index in [0.29, 0.717) is 5.56 Å². The van der Waals surface area contributed by atoms with Gasteiger partial charge in [0.15, 0.2) is 9.84 Å². The summed E-state index contributed by atoms with van der Waals surface area (Å²) < 4.78 is 36.1. The lowest BCUT2D eigenvalue weighted by molar-refractivity contribution is 0.596. The van der Waals surface area contributed by atoms with Crippen LogP contribution in [0.3, 0.4) is 0 Å². The number of sulfone groups is 1. The van der Waals surface area contributed by atoms with E-state index in [-0.39, 0.29) is 4.90 Å². The summed E-state index contributed by atoms with van der Waals surface area (Å²) in [7, 11) is -3.35. The zero-order valence-corrected chi connectivity index (χ0v) is 10.1. The van der Waals surface area contributed by atoms with Crippen LogP contribution in [0.4, 0.5) is 4.39 Å². The lowest BCUT2D eigenvalue weighted by Crippen LogP contribution is -1.98. The van der Waals surface area contributed by atoms with E-state index in [0.717, 1.165) is 17.9 Å². The predicted octanol–water partition coefficient (Wildman–Crippen LogP) is 2.96. The van der Waals surface area contributed by atoms with Gasteiger partial charge in [-0.1, -0.05) is 6.07 Å². The summed E-state index contributed by atoms with van der Waals surface area (Å²) in [5, 5.41) is 3.66. The maximum absolute atomic E-state index is 13.7. The lowest BCUT2D eigenvalue weighted by Gasteiger charge is -2.03. The SMILES string of the molecule is CS(=O)(=O)c1ccc(-c2ccsc2)c(F)c1. The molecule has 0 fully saturated rings. The Bertz CT molecular complexity index is 601. The molecule has 2 aromatic rings. The average Bonchev–Trinajstić information content (AvgIpc) is 2.69. The molecule has 0 unspecified atom stereocenters. The molecule has 1 heterocycles. The first-order valence-corrected chi connectivity index (χ1v) is 7.34. The number of thiophene rings is 1. The van der Waals surface area contributed by atoms with Crippen molar-refractivity contribution in [2.24, 2.45) is 0 Å². The van der Waals surface area contributed by atoms with E-state index in [4.69, 9.17) is 0 Å². The molecule has 2 rings (SSSR count). The van der Waals surface area contributed by atoms with E-state index in [1.165, 1.54) is 23.5 Å². The number of halogens is 1. The Labute approximate surface area is 97.3 Å². The zero-order valence-electron chi connectivity index (χ0n) is 8.48. The molecule has 5 heteroatoms. The third kappa shape index (κ3) is 2.15. The van der Waals surface area contributed by atoms with Gasteiger partial charge in [-0.3, -0.25) is 0 Å². The molecular formula is C11H9FO2S2. The van der Waals surface area contributed by atoms with Gasteiger partial charge in [0.2, 0.25) is 0 Å². The average molecular weight is 256 g/mol. The summed E-state index contributed by atoms with van der Waals surface area (Å²) in [5.41, 5.74) is 1.19. The highest BCUT2D eigenvalue weighted by atomic mass is 32.2. The molecule has 1 aromatic heterocycles. The van der Waals surface area contributed by atoms with Crippen molar-refractivity contribution in [3.63, 3.8) is 0 Å². The van der Waals surface area contributed by atoms with Crippen molar-refractivity contribution in [2.75, 3.05) is 6.26 Å². The molecule has 0 saturated carbocycles. The van der Waals surface area contributed by atoms with Crippen molar-refractivity contribution in [3.05, 3.63) is 40.8 Å². The van der Waals surface area contributed by atoms with E-state index >= 15 is 0 Å². The molecule has 0 saturated heterocycles. The van der Waals surface area contributed by atoms with Crippen LogP contribution in [0.1, 0.15) is 0 Å². The van der Waals surface area contributed by atoms with Crippen molar-refractivity contribution in [1.29, 1.82) is 0 Å². The van der Waals surface area contributed by atoms with Crippen molar-refractivity contribution in [3.8, 4) is 11.1 Å². The molecule has 0 aliphatic carbocycles. The van der Waals surface area contributed by atoms with Crippen LogP contribution in [0.15, 0.2) is 39.9 Å². The minimum atomic E-state index is -3.35. The molecule has 0 N–H and O–H groups in total. The quantitative estimate of drug-likeness (QED) is 0.828. The van der Waals surface area contributed by atoms with E-state index in [9.17, 15) is 12.8 Å². The smallest absolute Gasteiger partial charge is 0.175 e. The summed E-state index contributed by atoms with van der Waals surface area (Å²) in [6.07, 6.45) is 1.06. The van der Waals surface area contributed by atoms with Crippen molar-refractivity contribution in [1.82, 2.24) is 0 Å². The second-order valence-electron chi connectivity index (χ2n) is 3.43. The normalized spacial score (nSPS) is 11.6. The summed E-state index contributed by atoms with van der Waals surface area (Å²) in [4.78, 5) is 0.00368. The van der Waals surface area contributed by atoms with Crippen LogP contribution in [-0.4, -0.2) is 14.7 Å². The van der Waals surface area contributed by atoms with Crippen LogP contribution in [0, 0.1) is 5.82 Å². The molecule has 1 aromatic carbocycles. The van der Waals surface area contributed by atoms with Gasteiger partial charge >= 0.3 is 0 Å². The first-order valence-electron chi connectivity index (χ1n) is 4.50. The topological polar surface area (TPSA) is 34.1 Å². The first kappa shape index (κ1) is 11.3. The molecule has 0 aliphatic heterocycles. The Hall–Kier alpha value is -1.20. The van der Waals surface area contributed by atoms with Gasteiger partial charge in [0.05, 0.1) is 4.90 Å². The lowest BCUT2D eigenvalue weighted by atomic mass is 10.1. The Kier molecular flexibility index (Phi) is 2.82. The Morgan fingerprint density at radius 2 is 2.00 bits per heavy atom. The summed E-state index contributed by atoms with van der Waals surface area (Å²) in [6.45, 7) is 0. The highest BCUT2D eigenvalue weighted by Gasteiger charge is 2.12. The molecule has 0 aliphatic rings. The molecule has 0 amide bonds. The van der Waals surface area contributed by atoms with Crippen LogP contribution in [0.2, 0.25) is 0 Å². The second-order valence-corrected chi connectivity index (χ2v) is 6.22. The van der Waals surface area contributed by atoms with E-state index in [1.54, 1.807) is 6.07 Å². The van der Waals surface area contributed by atoms with Crippen molar-refractivity contribution >= 4 is 21.2 Å². The first-order chi connectivity index (χ1) is 7.48. The van der Waals surface area contributed by atoms with Crippen LogP contribution >= 0.6 is 11.3 Å². The molecule has 0 spiro atoms. The van der Waals surface area contributed by atoms with Crippen molar-refractivity contribution < 1.29 is 12.8 Å². The molecule has 0 bridgehead atoms. The van der Waals surface area contributed by atoms with Gasteiger partial charge in [0, 0.05) is 11.8 Å². The van der Waals surface area contributed by atoms with Crippen molar-refractivity contribution in [2.45, 2.75) is 4.90 Å². The van der Waals surface area contributed by atoms with Gasteiger partial charge in [-0.15, -0.1) is 0 Å². The number of benzene rings is 1. The summed E-state index contributed by atoms with van der Waals surface area (Å²) in [6, 6.07) is 5.77. The van der Waals surface area contributed by atoms with E-state index in [2.05, 4.69) is 0 Å². The van der Waals surface area contributed by atoms with Crippen LogP contribution in [0.25, 0.3) is 11.1 Å². The fraction of sp³-hybridized carbons (Fsp3) is 0.0909. The molecule has 84 valence electrons. The predicted molar refractivity (Wildman–Crippen MR) is 62.8 cm³/mol. The number of rotatable bonds is 2. The van der Waals surface area contributed by atoms with Gasteiger partial charge in [-0.05, 0) is 34.5 Å². The highest BCUT2D eigenvalue weighted by Crippen LogP contribution is 2.26. The fourth-order valence-electron chi connectivity index (χ4n) is 1.38. The standard InChI is InChI=1S/C11H9FO2S2/c1-16(13,14)9-2-3-10(11(12)6-9)8-4-5-15-7-8/h2-7H,1H3. The van der Waals surface area contributed by atoms with Gasteiger partial charge < -0.3 is 0 Å². The van der Waals surface area contributed by atoms with Crippen LogP contribution < -0.4 is 0 Å². The number of hydrogen-bond acceptors (Lipinski definition) is 3. The monoisotopic (exact) mass is 256 g/mol. The van der Waals surface area contributed by atoms with Gasteiger partial charge in [0.25, 0.3) is 0 Å². The molecular weight excluding hydrogens is 247 g/mol. The Morgan fingerprint density at radius 1 is 1.25 bits per heavy atom. The van der Waals surface area contributed by atoms with Gasteiger partial charge in [0.1, 0.15) is 5.82 Å². The Balaban J connectivity index is 2.54. The second kappa shape index (κ2) is 3.99. The highest BCUT2D eigenvalue weighted by molar-refractivity contribution is 7.90. The molecule has 0 radical (unpaired) electrons. The van der Waals surface area contributed by atoms with E-state index < -0.39 is 15.7 Å². The van der Waals surface area contributed by atoms with Gasteiger partial charge in [-0.2, -0.15) is 11.3 Å². The maximum Gasteiger partial charge on any atom is 0.175 e. The third-order valence-electron chi connectivity index (χ3n) is 2.20. The minimum Gasteiger partial charge on any atom is -0.224 e. The molecule has 16 heavy (non-hydrogen) atoms. The maximum atomic E-state index is 13.7. The zero-order chi connectivity index (χ0) is 11.8. The van der Waals surface area contributed by atoms with E-state index in [1.807, 2.05) is 10.8 Å². The molecule has 2 nitrogen and oxygen atoms in total. The summed E-state index contributed by atoms with van der Waals surface area (Å²) >= 11 is 1.47. The third-order valence-corrected chi connectivity index (χ3v) is 3.99. The van der Waals surface area contributed by atoms with Crippen LogP contribution in [0.5, 0.6) is 0 Å². The largest absolute Gasteiger partial charge is 0.224 e.